The molecule has 0 aromatic carbocycles. The Morgan fingerprint density at radius 3 is 2.50 bits per heavy atom. The molecule has 0 saturated carbocycles. The Hall–Kier alpha value is 1.09. The molecule has 10 heavy (non-hydrogen) atoms. The van der Waals surface area contributed by atoms with E-state index in [1.54, 1.807) is 0 Å². The van der Waals surface area contributed by atoms with Crippen molar-refractivity contribution in [1.29, 1.82) is 0 Å². The molecule has 1 heterocycles. The highest BCUT2D eigenvalue weighted by molar-refractivity contribution is 14.1. The molecule has 0 aliphatic carbocycles. The first-order valence-electron chi connectivity index (χ1n) is 2.74. The quantitative estimate of drug-likeness (QED) is 0.328. The van der Waals surface area contributed by atoms with Gasteiger partial charge in [-0.1, -0.05) is 33.9 Å². The van der Waals surface area contributed by atoms with Crippen molar-refractivity contribution in [1.82, 2.24) is 0 Å². The number of aromatic nitrogens is 1. The van der Waals surface area contributed by atoms with Crippen LogP contribution in [0.15, 0.2) is 5.38 Å². The Morgan fingerprint density at radius 2 is 2.30 bits per heavy atom. The Kier molecular flexibility index (Phi) is 5.40. The molecule has 0 N–H and O–H groups in total. The minimum atomic E-state index is 0. The van der Waals surface area contributed by atoms with E-state index in [2.05, 4.69) is 46.5 Å². The molecule has 0 unspecified atom stereocenters. The van der Waals surface area contributed by atoms with Crippen LogP contribution in [0.4, 0.5) is 0 Å². The lowest BCUT2D eigenvalue weighted by molar-refractivity contribution is -0.678. The van der Waals surface area contributed by atoms with Gasteiger partial charge in [0.25, 0.3) is 0 Å². The van der Waals surface area contributed by atoms with Crippen LogP contribution in [0.25, 0.3) is 0 Å². The minimum Gasteiger partial charge on any atom is -1.00 e. The molecule has 0 spiro atoms. The zero-order chi connectivity index (χ0) is 6.85. The number of halogens is 2. The fourth-order valence-corrected chi connectivity index (χ4v) is 2.51. The van der Waals surface area contributed by atoms with Gasteiger partial charge in [0.1, 0.15) is 7.05 Å². The van der Waals surface area contributed by atoms with E-state index in [9.17, 15) is 0 Å². The largest absolute Gasteiger partial charge is 1.00 e. The zero-order valence-corrected chi connectivity index (χ0v) is 11.0. The second kappa shape index (κ2) is 4.87. The molecule has 58 valence electrons. The van der Waals surface area contributed by atoms with Crippen LogP contribution in [0.3, 0.4) is 0 Å². The average Bonchev–Trinajstić information content (AvgIpc) is 2.15. The van der Waals surface area contributed by atoms with Crippen LogP contribution in [0.1, 0.15) is 10.7 Å². The van der Waals surface area contributed by atoms with E-state index in [0.29, 0.717) is 0 Å². The summed E-state index contributed by atoms with van der Waals surface area (Å²) in [5.74, 6) is 0. The minimum absolute atomic E-state index is 0. The van der Waals surface area contributed by atoms with Crippen LogP contribution < -0.4 is 28.5 Å². The molecule has 0 bridgehead atoms. The predicted octanol–water partition coefficient (Wildman–Crippen LogP) is -1.18. The Labute approximate surface area is 96.0 Å². The van der Waals surface area contributed by atoms with Crippen molar-refractivity contribution in [3.05, 3.63) is 16.1 Å². The van der Waals surface area contributed by atoms with E-state index >= 15 is 0 Å². The predicted molar refractivity (Wildman–Crippen MR) is 48.0 cm³/mol. The van der Waals surface area contributed by atoms with Crippen LogP contribution in [0.5, 0.6) is 0 Å². The molecule has 4 heteroatoms. The fourth-order valence-electron chi connectivity index (χ4n) is 0.629. The van der Waals surface area contributed by atoms with E-state index in [0.717, 1.165) is 4.43 Å². The number of aryl methyl sites for hydroxylation is 1. The third-order valence-corrected chi connectivity index (χ3v) is 3.77. The maximum Gasteiger partial charge on any atom is 0.247 e. The topological polar surface area (TPSA) is 3.88 Å². The summed E-state index contributed by atoms with van der Waals surface area (Å²) in [6.45, 7) is 2.13. The zero-order valence-electron chi connectivity index (χ0n) is 5.90. The number of rotatable bonds is 1. The van der Waals surface area contributed by atoms with Crippen LogP contribution in [-0.4, -0.2) is 0 Å². The standard InChI is InChI=1S/C6H9INS.HI/c1-5-4-9-6(3-7)8(5)2;/h4H,3H2,1-2H3;1H/q+1;/p-1. The number of alkyl halides is 1. The van der Waals surface area contributed by atoms with Crippen LogP contribution in [0.2, 0.25) is 0 Å². The first kappa shape index (κ1) is 11.1. The second-order valence-corrected chi connectivity index (χ2v) is 3.67. The molecule has 0 aliphatic rings. The van der Waals surface area contributed by atoms with Gasteiger partial charge in [-0.3, -0.25) is 0 Å². The van der Waals surface area contributed by atoms with Gasteiger partial charge in [0.2, 0.25) is 5.01 Å². The van der Waals surface area contributed by atoms with Gasteiger partial charge in [-0.25, -0.2) is 0 Å². The molecular weight excluding hydrogens is 372 g/mol. The third-order valence-electron chi connectivity index (χ3n) is 1.38. The molecule has 0 radical (unpaired) electrons. The summed E-state index contributed by atoms with van der Waals surface area (Å²) in [6.07, 6.45) is 0. The number of thiazole rings is 1. The summed E-state index contributed by atoms with van der Waals surface area (Å²) in [7, 11) is 2.11. The maximum atomic E-state index is 2.38. The highest BCUT2D eigenvalue weighted by Crippen LogP contribution is 2.09. The highest BCUT2D eigenvalue weighted by Gasteiger charge is 2.09. The number of hydrogen-bond donors (Lipinski definition) is 0. The van der Waals surface area contributed by atoms with Gasteiger partial charge in [-0.2, -0.15) is 4.57 Å². The third kappa shape index (κ3) is 2.30. The van der Waals surface area contributed by atoms with Gasteiger partial charge in [0, 0.05) is 6.92 Å². The number of nitrogens with zero attached hydrogens (tertiary/aromatic N) is 1. The monoisotopic (exact) mass is 381 g/mol. The lowest BCUT2D eigenvalue weighted by Gasteiger charge is -1.84. The summed E-state index contributed by atoms with van der Waals surface area (Å²) >= 11 is 4.21. The molecule has 1 aromatic heterocycles. The summed E-state index contributed by atoms with van der Waals surface area (Å²) in [5, 5.41) is 3.63. The first-order chi connectivity index (χ1) is 4.25. The summed E-state index contributed by atoms with van der Waals surface area (Å²) < 4.78 is 3.35. The molecule has 1 aromatic rings. The smallest absolute Gasteiger partial charge is 0.247 e. The normalized spacial score (nSPS) is 9.10. The molecule has 0 atom stereocenters. The van der Waals surface area contributed by atoms with Crippen molar-refractivity contribution in [3.63, 3.8) is 0 Å². The van der Waals surface area contributed by atoms with Crippen molar-refractivity contribution < 1.29 is 28.5 Å². The Balaban J connectivity index is 0.000000810. The Morgan fingerprint density at radius 1 is 1.70 bits per heavy atom. The molecule has 0 fully saturated rings. The van der Waals surface area contributed by atoms with Crippen molar-refractivity contribution >= 4 is 33.9 Å². The van der Waals surface area contributed by atoms with Gasteiger partial charge >= 0.3 is 0 Å². The molecule has 1 rings (SSSR count). The SMILES string of the molecule is Cc1csc(CI)[n+]1C.[I-]. The molecule has 0 amide bonds. The van der Waals surface area contributed by atoms with Gasteiger partial charge in [0.15, 0.2) is 5.69 Å². The van der Waals surface area contributed by atoms with Crippen molar-refractivity contribution in [2.75, 3.05) is 0 Å². The molecular formula is C6H9I2NS. The number of hydrogen-bond acceptors (Lipinski definition) is 1. The van der Waals surface area contributed by atoms with E-state index < -0.39 is 0 Å². The maximum absolute atomic E-state index is 2.38. The van der Waals surface area contributed by atoms with E-state index in [1.807, 2.05) is 11.3 Å². The van der Waals surface area contributed by atoms with Crippen molar-refractivity contribution in [2.45, 2.75) is 11.4 Å². The molecule has 0 aliphatic heterocycles. The van der Waals surface area contributed by atoms with Gasteiger partial charge in [-0.05, 0) is 0 Å². The van der Waals surface area contributed by atoms with Crippen LogP contribution in [-0.2, 0) is 11.5 Å². The summed E-state index contributed by atoms with van der Waals surface area (Å²) in [5.41, 5.74) is 1.35. The van der Waals surface area contributed by atoms with Crippen molar-refractivity contribution in [3.8, 4) is 0 Å². The molecule has 1 nitrogen and oxygen atoms in total. The van der Waals surface area contributed by atoms with E-state index in [-0.39, 0.29) is 24.0 Å². The van der Waals surface area contributed by atoms with Crippen molar-refractivity contribution in [2.24, 2.45) is 7.05 Å². The van der Waals surface area contributed by atoms with Gasteiger partial charge < -0.3 is 24.0 Å². The van der Waals surface area contributed by atoms with Gasteiger partial charge in [0.05, 0.1) is 9.81 Å². The first-order valence-corrected chi connectivity index (χ1v) is 5.15. The van der Waals surface area contributed by atoms with Crippen LogP contribution >= 0.6 is 33.9 Å². The Bertz CT molecular complexity index is 210. The summed E-state index contributed by atoms with van der Waals surface area (Å²) in [6, 6.07) is 0. The second-order valence-electron chi connectivity index (χ2n) is 1.96. The van der Waals surface area contributed by atoms with Crippen LogP contribution in [0, 0.1) is 6.92 Å². The average molecular weight is 381 g/mol. The lowest BCUT2D eigenvalue weighted by atomic mass is 10.5. The summed E-state index contributed by atoms with van der Waals surface area (Å²) in [4.78, 5) is 0. The highest BCUT2D eigenvalue weighted by atomic mass is 127. The van der Waals surface area contributed by atoms with E-state index in [1.165, 1.54) is 10.7 Å². The lowest BCUT2D eigenvalue weighted by Crippen LogP contribution is -3.00. The van der Waals surface area contributed by atoms with Gasteiger partial charge in [-0.15, -0.1) is 0 Å². The fraction of sp³-hybridized carbons (Fsp3) is 0.500. The van der Waals surface area contributed by atoms with E-state index in [4.69, 9.17) is 0 Å². The molecule has 0 saturated heterocycles.